The molecule has 0 radical (unpaired) electrons. The van der Waals surface area contributed by atoms with E-state index >= 15 is 0 Å². The maximum Gasteiger partial charge on any atom is 0.240 e. The Labute approximate surface area is 149 Å². The highest BCUT2D eigenvalue weighted by Gasteiger charge is 2.28. The zero-order valence-electron chi connectivity index (χ0n) is 13.1. The first-order valence-corrected chi connectivity index (χ1v) is 9.09. The van der Waals surface area contributed by atoms with Crippen LogP contribution < -0.4 is 4.90 Å². The fourth-order valence-electron chi connectivity index (χ4n) is 3.02. The van der Waals surface area contributed by atoms with Crippen LogP contribution in [-0.2, 0) is 11.2 Å². The van der Waals surface area contributed by atoms with Gasteiger partial charge in [-0.15, -0.1) is 0 Å². The van der Waals surface area contributed by atoms with Crippen LogP contribution in [0.3, 0.4) is 0 Å². The van der Waals surface area contributed by atoms with Gasteiger partial charge >= 0.3 is 0 Å². The summed E-state index contributed by atoms with van der Waals surface area (Å²) >= 11 is 7.45. The number of hydrogen-bond donors (Lipinski definition) is 1. The number of benzene rings is 2. The molecule has 24 heavy (non-hydrogen) atoms. The molecule has 4 nitrogen and oxygen atoms in total. The third-order valence-electron chi connectivity index (χ3n) is 4.21. The van der Waals surface area contributed by atoms with Crippen LogP contribution in [0.5, 0.6) is 0 Å². The van der Waals surface area contributed by atoms with Gasteiger partial charge in [-0.25, -0.2) is 4.98 Å². The van der Waals surface area contributed by atoms with E-state index in [0.29, 0.717) is 5.02 Å². The summed E-state index contributed by atoms with van der Waals surface area (Å²) in [5, 5.41) is 1.19. The number of carbonyl (C=O) groups is 1. The van der Waals surface area contributed by atoms with Crippen LogP contribution in [0.2, 0.25) is 5.02 Å². The predicted octanol–water partition coefficient (Wildman–Crippen LogP) is 4.29. The van der Waals surface area contributed by atoms with E-state index in [9.17, 15) is 4.79 Å². The minimum absolute atomic E-state index is 0.114. The SMILES string of the molecule is C[C@@H](Sc1nc2ccc(Cl)cc2[nH]1)C(=O)N1CCc2ccccc21. The number of anilines is 1. The molecule has 3 aromatic rings. The summed E-state index contributed by atoms with van der Waals surface area (Å²) in [6.07, 6.45) is 0.919. The van der Waals surface area contributed by atoms with Gasteiger partial charge in [0.1, 0.15) is 0 Å². The van der Waals surface area contributed by atoms with E-state index in [1.807, 2.05) is 48.2 Å². The van der Waals surface area contributed by atoms with Crippen molar-refractivity contribution in [3.8, 4) is 0 Å². The number of amides is 1. The Morgan fingerprint density at radius 3 is 3.04 bits per heavy atom. The van der Waals surface area contributed by atoms with Crippen molar-refractivity contribution in [1.29, 1.82) is 0 Å². The van der Waals surface area contributed by atoms with Gasteiger partial charge in [-0.1, -0.05) is 41.6 Å². The molecule has 0 spiro atoms. The summed E-state index contributed by atoms with van der Waals surface area (Å²) in [5.74, 6) is 0.114. The van der Waals surface area contributed by atoms with E-state index < -0.39 is 0 Å². The molecule has 1 aliphatic rings. The maximum absolute atomic E-state index is 12.8. The van der Waals surface area contributed by atoms with Crippen molar-refractivity contribution >= 4 is 46.0 Å². The molecule has 1 amide bonds. The van der Waals surface area contributed by atoms with Crippen LogP contribution in [0.15, 0.2) is 47.6 Å². The van der Waals surface area contributed by atoms with Gasteiger partial charge in [0.2, 0.25) is 5.91 Å². The number of carbonyl (C=O) groups excluding carboxylic acids is 1. The van der Waals surface area contributed by atoms with Crippen LogP contribution in [0, 0.1) is 0 Å². The molecule has 4 rings (SSSR count). The number of nitrogens with one attached hydrogen (secondary N) is 1. The fourth-order valence-corrected chi connectivity index (χ4v) is 4.07. The zero-order valence-corrected chi connectivity index (χ0v) is 14.7. The molecule has 1 aliphatic heterocycles. The smallest absolute Gasteiger partial charge is 0.240 e. The second kappa shape index (κ2) is 6.15. The average Bonchev–Trinajstić information content (AvgIpc) is 3.17. The van der Waals surface area contributed by atoms with Crippen molar-refractivity contribution in [3.05, 3.63) is 53.1 Å². The van der Waals surface area contributed by atoms with E-state index in [4.69, 9.17) is 11.6 Å². The number of nitrogens with zero attached hydrogens (tertiary/aromatic N) is 2. The van der Waals surface area contributed by atoms with Crippen molar-refractivity contribution in [2.75, 3.05) is 11.4 Å². The molecule has 0 saturated carbocycles. The van der Waals surface area contributed by atoms with Crippen LogP contribution in [0.1, 0.15) is 12.5 Å². The summed E-state index contributed by atoms with van der Waals surface area (Å²) in [7, 11) is 0. The number of thioether (sulfide) groups is 1. The van der Waals surface area contributed by atoms with Gasteiger partial charge in [-0.2, -0.15) is 0 Å². The second-order valence-electron chi connectivity index (χ2n) is 5.83. The number of fused-ring (bicyclic) bond motifs is 2. The van der Waals surface area contributed by atoms with Gasteiger partial charge in [0, 0.05) is 17.3 Å². The normalized spacial score (nSPS) is 14.8. The number of halogens is 1. The van der Waals surface area contributed by atoms with Crippen LogP contribution in [0.4, 0.5) is 5.69 Å². The van der Waals surface area contributed by atoms with Gasteiger partial charge in [-0.3, -0.25) is 4.79 Å². The van der Waals surface area contributed by atoms with E-state index in [2.05, 4.69) is 16.0 Å². The maximum atomic E-state index is 12.8. The molecule has 6 heteroatoms. The Hall–Kier alpha value is -1.98. The molecular weight excluding hydrogens is 342 g/mol. The molecule has 2 aromatic carbocycles. The molecule has 0 aliphatic carbocycles. The highest BCUT2D eigenvalue weighted by Crippen LogP contribution is 2.31. The van der Waals surface area contributed by atoms with Crippen molar-refractivity contribution in [2.24, 2.45) is 0 Å². The highest BCUT2D eigenvalue weighted by atomic mass is 35.5. The molecule has 1 atom stereocenters. The molecule has 0 unspecified atom stereocenters. The van der Waals surface area contributed by atoms with E-state index in [-0.39, 0.29) is 11.2 Å². The lowest BCUT2D eigenvalue weighted by Gasteiger charge is -2.20. The predicted molar refractivity (Wildman–Crippen MR) is 98.9 cm³/mol. The van der Waals surface area contributed by atoms with Crippen molar-refractivity contribution < 1.29 is 4.79 Å². The molecule has 0 fully saturated rings. The molecule has 0 bridgehead atoms. The highest BCUT2D eigenvalue weighted by molar-refractivity contribution is 8.00. The van der Waals surface area contributed by atoms with Gasteiger partial charge in [0.25, 0.3) is 0 Å². The van der Waals surface area contributed by atoms with Crippen molar-refractivity contribution in [1.82, 2.24) is 9.97 Å². The van der Waals surface area contributed by atoms with Gasteiger partial charge in [0.15, 0.2) is 5.16 Å². The minimum Gasteiger partial charge on any atom is -0.333 e. The molecule has 1 aromatic heterocycles. The van der Waals surface area contributed by atoms with Crippen molar-refractivity contribution in [2.45, 2.75) is 23.8 Å². The molecule has 0 saturated heterocycles. The topological polar surface area (TPSA) is 49.0 Å². The summed E-state index contributed by atoms with van der Waals surface area (Å²) in [4.78, 5) is 22.5. The summed E-state index contributed by atoms with van der Waals surface area (Å²) in [6, 6.07) is 13.6. The number of para-hydroxylation sites is 1. The summed E-state index contributed by atoms with van der Waals surface area (Å²) in [6.45, 7) is 2.67. The third-order valence-corrected chi connectivity index (χ3v) is 5.42. The summed E-state index contributed by atoms with van der Waals surface area (Å²) in [5.41, 5.74) is 4.01. The Morgan fingerprint density at radius 2 is 2.17 bits per heavy atom. The van der Waals surface area contributed by atoms with Crippen LogP contribution in [-0.4, -0.2) is 27.7 Å². The van der Waals surface area contributed by atoms with Crippen molar-refractivity contribution in [3.63, 3.8) is 0 Å². The summed E-state index contributed by atoms with van der Waals surface area (Å²) < 4.78 is 0. The Balaban J connectivity index is 1.53. The number of aromatic nitrogens is 2. The number of hydrogen-bond acceptors (Lipinski definition) is 3. The monoisotopic (exact) mass is 357 g/mol. The largest absolute Gasteiger partial charge is 0.333 e. The lowest BCUT2D eigenvalue weighted by atomic mass is 10.2. The Morgan fingerprint density at radius 1 is 1.33 bits per heavy atom. The van der Waals surface area contributed by atoms with Crippen LogP contribution in [0.25, 0.3) is 11.0 Å². The first-order chi connectivity index (χ1) is 11.6. The van der Waals surface area contributed by atoms with Gasteiger partial charge in [-0.05, 0) is 43.2 Å². The molecule has 1 N–H and O–H groups in total. The number of rotatable bonds is 3. The lowest BCUT2D eigenvalue weighted by Crippen LogP contribution is -2.35. The van der Waals surface area contributed by atoms with Gasteiger partial charge in [0.05, 0.1) is 16.3 Å². The number of aromatic amines is 1. The van der Waals surface area contributed by atoms with E-state index in [1.165, 1.54) is 17.3 Å². The first kappa shape index (κ1) is 15.5. The number of H-pyrrole nitrogens is 1. The Bertz CT molecular complexity index is 924. The van der Waals surface area contributed by atoms with Gasteiger partial charge < -0.3 is 9.88 Å². The second-order valence-corrected chi connectivity index (χ2v) is 7.60. The fraction of sp³-hybridized carbons (Fsp3) is 0.222. The lowest BCUT2D eigenvalue weighted by molar-refractivity contribution is -0.117. The van der Waals surface area contributed by atoms with Crippen LogP contribution >= 0.6 is 23.4 Å². The minimum atomic E-state index is -0.216. The van der Waals surface area contributed by atoms with E-state index in [0.717, 1.165) is 34.8 Å². The number of imidazole rings is 1. The Kier molecular flexibility index (Phi) is 3.98. The average molecular weight is 358 g/mol. The first-order valence-electron chi connectivity index (χ1n) is 7.83. The molecule has 2 heterocycles. The molecule has 122 valence electrons. The zero-order chi connectivity index (χ0) is 16.7. The molecular formula is C18H16ClN3OS. The quantitative estimate of drug-likeness (QED) is 0.711. The standard InChI is InChI=1S/C18H16ClN3OS/c1-11(17(23)22-9-8-12-4-2-3-5-16(12)22)24-18-20-14-7-6-13(19)10-15(14)21-18/h2-7,10-11H,8-9H2,1H3,(H,20,21)/t11-/m1/s1. The van der Waals surface area contributed by atoms with E-state index in [1.54, 1.807) is 0 Å². The third kappa shape index (κ3) is 2.78.